The highest BCUT2D eigenvalue weighted by Crippen LogP contribution is 2.15. The van der Waals surface area contributed by atoms with Crippen LogP contribution in [-0.4, -0.2) is 33.0 Å². The Labute approximate surface area is 108 Å². The lowest BCUT2D eigenvalue weighted by atomic mass is 9.99. The number of ketones is 1. The lowest BCUT2D eigenvalue weighted by Crippen LogP contribution is -2.17. The molecule has 0 amide bonds. The van der Waals surface area contributed by atoms with Gasteiger partial charge in [-0.2, -0.15) is 0 Å². The number of nitrogens with zero attached hydrogens (tertiary/aromatic N) is 1. The van der Waals surface area contributed by atoms with Gasteiger partial charge in [-0.25, -0.2) is 0 Å². The maximum absolute atomic E-state index is 11.9. The van der Waals surface area contributed by atoms with Crippen molar-refractivity contribution in [2.75, 3.05) is 26.1 Å². The highest BCUT2D eigenvalue weighted by molar-refractivity contribution is 5.98. The molecule has 0 radical (unpaired) electrons. The first kappa shape index (κ1) is 14.2. The van der Waals surface area contributed by atoms with Gasteiger partial charge in [-0.3, -0.25) is 9.59 Å². The molecule has 1 aromatic carbocycles. The van der Waals surface area contributed by atoms with Crippen LogP contribution in [0.4, 0.5) is 5.69 Å². The van der Waals surface area contributed by atoms with Crippen LogP contribution in [0.3, 0.4) is 0 Å². The second-order valence-electron chi connectivity index (χ2n) is 4.49. The highest BCUT2D eigenvalue weighted by Gasteiger charge is 2.18. The second kappa shape index (κ2) is 6.19. The molecule has 1 aromatic rings. The molecule has 0 aliphatic heterocycles. The molecule has 0 saturated heterocycles. The van der Waals surface area contributed by atoms with Crippen LogP contribution in [0.2, 0.25) is 0 Å². The Bertz CT molecular complexity index is 423. The van der Waals surface area contributed by atoms with E-state index in [0.29, 0.717) is 5.56 Å². The van der Waals surface area contributed by atoms with E-state index in [4.69, 9.17) is 0 Å². The van der Waals surface area contributed by atoms with Crippen molar-refractivity contribution < 1.29 is 14.3 Å². The number of hydrogen-bond acceptors (Lipinski definition) is 4. The number of rotatable bonds is 5. The van der Waals surface area contributed by atoms with Crippen molar-refractivity contribution >= 4 is 17.4 Å². The number of ether oxygens (including phenoxy) is 1. The van der Waals surface area contributed by atoms with Crippen LogP contribution in [0.1, 0.15) is 23.7 Å². The predicted octanol–water partition coefficient (Wildman–Crippen LogP) is 2.13. The minimum absolute atomic E-state index is 0.0433. The molecular weight excluding hydrogens is 230 g/mol. The SMILES string of the molecule is COC(=O)C(C)CC(=O)c1ccc(N(C)C)cc1. The van der Waals surface area contributed by atoms with Gasteiger partial charge in [0.1, 0.15) is 0 Å². The van der Waals surface area contributed by atoms with E-state index in [0.717, 1.165) is 5.69 Å². The molecule has 0 fully saturated rings. The summed E-state index contributed by atoms with van der Waals surface area (Å²) in [5.74, 6) is -0.803. The Hall–Kier alpha value is -1.84. The number of hydrogen-bond donors (Lipinski definition) is 0. The van der Waals surface area contributed by atoms with Crippen molar-refractivity contribution in [2.24, 2.45) is 5.92 Å². The number of carbonyl (C=O) groups excluding carboxylic acids is 2. The van der Waals surface area contributed by atoms with Gasteiger partial charge in [-0.05, 0) is 24.3 Å². The van der Waals surface area contributed by atoms with Gasteiger partial charge in [0.25, 0.3) is 0 Å². The third-order valence-corrected chi connectivity index (χ3v) is 2.80. The lowest BCUT2D eigenvalue weighted by Gasteiger charge is -2.13. The van der Waals surface area contributed by atoms with E-state index in [-0.39, 0.29) is 18.2 Å². The number of methoxy groups -OCH3 is 1. The van der Waals surface area contributed by atoms with Gasteiger partial charge in [0, 0.05) is 31.8 Å². The van der Waals surface area contributed by atoms with Crippen LogP contribution in [-0.2, 0) is 9.53 Å². The minimum Gasteiger partial charge on any atom is -0.469 e. The number of benzene rings is 1. The number of esters is 1. The van der Waals surface area contributed by atoms with Crippen molar-refractivity contribution in [3.8, 4) is 0 Å². The Morgan fingerprint density at radius 2 is 1.78 bits per heavy atom. The van der Waals surface area contributed by atoms with Crippen molar-refractivity contribution in [3.05, 3.63) is 29.8 Å². The van der Waals surface area contributed by atoms with Crippen molar-refractivity contribution in [3.63, 3.8) is 0 Å². The average Bonchev–Trinajstić information content (AvgIpc) is 2.37. The zero-order valence-electron chi connectivity index (χ0n) is 11.3. The molecule has 1 unspecified atom stereocenters. The van der Waals surface area contributed by atoms with Gasteiger partial charge in [0.2, 0.25) is 0 Å². The molecular formula is C14H19NO3. The summed E-state index contributed by atoms with van der Waals surface area (Å²) in [6, 6.07) is 7.33. The molecule has 0 aliphatic rings. The van der Waals surface area contributed by atoms with Gasteiger partial charge in [0.05, 0.1) is 13.0 Å². The maximum atomic E-state index is 11.9. The highest BCUT2D eigenvalue weighted by atomic mass is 16.5. The Kier molecular flexibility index (Phi) is 4.89. The van der Waals surface area contributed by atoms with E-state index in [1.807, 2.05) is 31.1 Å². The van der Waals surface area contributed by atoms with Crippen LogP contribution < -0.4 is 4.90 Å². The van der Waals surface area contributed by atoms with Crippen LogP contribution in [0.25, 0.3) is 0 Å². The molecule has 4 nitrogen and oxygen atoms in total. The zero-order valence-corrected chi connectivity index (χ0v) is 11.3. The van der Waals surface area contributed by atoms with Crippen molar-refractivity contribution in [1.82, 2.24) is 0 Å². The van der Waals surface area contributed by atoms with Crippen LogP contribution in [0, 0.1) is 5.92 Å². The molecule has 98 valence electrons. The van der Waals surface area contributed by atoms with E-state index >= 15 is 0 Å². The molecule has 0 bridgehead atoms. The van der Waals surface area contributed by atoms with Crippen molar-refractivity contribution in [1.29, 1.82) is 0 Å². The Morgan fingerprint density at radius 3 is 2.22 bits per heavy atom. The summed E-state index contributed by atoms with van der Waals surface area (Å²) < 4.78 is 4.60. The topological polar surface area (TPSA) is 46.6 Å². The van der Waals surface area contributed by atoms with Gasteiger partial charge in [0.15, 0.2) is 5.78 Å². The molecule has 0 aliphatic carbocycles. The predicted molar refractivity (Wildman–Crippen MR) is 70.9 cm³/mol. The standard InChI is InChI=1S/C14H19NO3/c1-10(14(17)18-4)9-13(16)11-5-7-12(8-6-11)15(2)3/h5-8,10H,9H2,1-4H3. The quantitative estimate of drug-likeness (QED) is 0.592. The normalized spacial score (nSPS) is 11.8. The summed E-state index contributed by atoms with van der Waals surface area (Å²) in [6.07, 6.45) is 0.175. The summed E-state index contributed by atoms with van der Waals surface area (Å²) in [7, 11) is 5.21. The molecule has 0 N–H and O–H groups in total. The minimum atomic E-state index is -0.406. The summed E-state index contributed by atoms with van der Waals surface area (Å²) >= 11 is 0. The molecule has 0 aromatic heterocycles. The lowest BCUT2D eigenvalue weighted by molar-refractivity contribution is -0.144. The van der Waals surface area contributed by atoms with Gasteiger partial charge in [-0.1, -0.05) is 6.92 Å². The third kappa shape index (κ3) is 3.58. The Balaban J connectivity index is 2.70. The summed E-state index contributed by atoms with van der Waals surface area (Å²) in [6.45, 7) is 1.69. The number of carbonyl (C=O) groups is 2. The first-order chi connectivity index (χ1) is 8.45. The smallest absolute Gasteiger partial charge is 0.308 e. The third-order valence-electron chi connectivity index (χ3n) is 2.80. The molecule has 4 heteroatoms. The fraction of sp³-hybridized carbons (Fsp3) is 0.429. The first-order valence-corrected chi connectivity index (χ1v) is 5.84. The summed E-state index contributed by atoms with van der Waals surface area (Å²) in [4.78, 5) is 25.1. The van der Waals surface area contributed by atoms with E-state index in [2.05, 4.69) is 4.74 Å². The van der Waals surface area contributed by atoms with Gasteiger partial charge >= 0.3 is 5.97 Å². The number of anilines is 1. The fourth-order valence-corrected chi connectivity index (χ4v) is 1.63. The number of Topliss-reactive ketones (excluding diaryl/α,β-unsaturated/α-hetero) is 1. The fourth-order valence-electron chi connectivity index (χ4n) is 1.63. The van der Waals surface area contributed by atoms with Gasteiger partial charge in [-0.15, -0.1) is 0 Å². The van der Waals surface area contributed by atoms with Crippen molar-refractivity contribution in [2.45, 2.75) is 13.3 Å². The molecule has 0 spiro atoms. The average molecular weight is 249 g/mol. The molecule has 0 heterocycles. The summed E-state index contributed by atoms with van der Waals surface area (Å²) in [5, 5.41) is 0. The van der Waals surface area contributed by atoms with Crippen LogP contribution in [0.5, 0.6) is 0 Å². The first-order valence-electron chi connectivity index (χ1n) is 5.84. The molecule has 18 heavy (non-hydrogen) atoms. The van der Waals surface area contributed by atoms with E-state index in [9.17, 15) is 9.59 Å². The van der Waals surface area contributed by atoms with Crippen LogP contribution in [0.15, 0.2) is 24.3 Å². The second-order valence-corrected chi connectivity index (χ2v) is 4.49. The van der Waals surface area contributed by atoms with E-state index in [1.54, 1.807) is 19.1 Å². The zero-order chi connectivity index (χ0) is 13.7. The molecule has 1 atom stereocenters. The van der Waals surface area contributed by atoms with E-state index in [1.165, 1.54) is 7.11 Å². The Morgan fingerprint density at radius 1 is 1.22 bits per heavy atom. The molecule has 1 rings (SSSR count). The van der Waals surface area contributed by atoms with Crippen LogP contribution >= 0.6 is 0 Å². The largest absolute Gasteiger partial charge is 0.469 e. The van der Waals surface area contributed by atoms with Gasteiger partial charge < -0.3 is 9.64 Å². The van der Waals surface area contributed by atoms with E-state index < -0.39 is 5.92 Å². The maximum Gasteiger partial charge on any atom is 0.308 e. The summed E-state index contributed by atoms with van der Waals surface area (Å²) in [5.41, 5.74) is 1.66. The monoisotopic (exact) mass is 249 g/mol. The molecule has 0 saturated carbocycles.